The molecule has 0 unspecified atom stereocenters. The van der Waals surface area contributed by atoms with Gasteiger partial charge in [-0.1, -0.05) is 29.4 Å². The third-order valence-corrected chi connectivity index (χ3v) is 1.77. The molecule has 1 N–H and O–H groups in total. The molecule has 0 aliphatic rings. The van der Waals surface area contributed by atoms with Crippen LogP contribution in [0.15, 0.2) is 29.4 Å². The number of nitrogens with one attached hydrogen (secondary N) is 1. The lowest BCUT2D eigenvalue weighted by Crippen LogP contribution is -2.19. The van der Waals surface area contributed by atoms with Gasteiger partial charge in [0, 0.05) is 17.6 Å². The van der Waals surface area contributed by atoms with E-state index in [4.69, 9.17) is 5.53 Å². The lowest BCUT2D eigenvalue weighted by atomic mass is 10.1. The summed E-state index contributed by atoms with van der Waals surface area (Å²) in [5.74, 6) is -0.106. The van der Waals surface area contributed by atoms with Crippen LogP contribution in [0.1, 0.15) is 5.56 Å². The standard InChI is InChI=1S/C9H10N4O/c1-11-9(14)6-7-4-2-3-5-8(7)12-13-10/h2-5H,6H2,1H3,(H,11,14). The van der Waals surface area contributed by atoms with E-state index < -0.39 is 0 Å². The number of rotatable bonds is 3. The van der Waals surface area contributed by atoms with Crippen molar-refractivity contribution in [3.05, 3.63) is 40.3 Å². The molecule has 0 radical (unpaired) electrons. The molecule has 0 fully saturated rings. The molecule has 0 saturated carbocycles. The Balaban J connectivity index is 2.95. The van der Waals surface area contributed by atoms with Crippen LogP contribution in [0.5, 0.6) is 0 Å². The van der Waals surface area contributed by atoms with E-state index in [2.05, 4.69) is 15.3 Å². The third-order valence-electron chi connectivity index (χ3n) is 1.77. The van der Waals surface area contributed by atoms with Crippen molar-refractivity contribution in [1.82, 2.24) is 5.32 Å². The van der Waals surface area contributed by atoms with Crippen molar-refractivity contribution >= 4 is 11.6 Å². The van der Waals surface area contributed by atoms with Crippen molar-refractivity contribution in [2.24, 2.45) is 5.11 Å². The van der Waals surface area contributed by atoms with Gasteiger partial charge in [-0.05, 0) is 11.1 Å². The molecular weight excluding hydrogens is 180 g/mol. The molecule has 0 aromatic heterocycles. The quantitative estimate of drug-likeness (QED) is 0.441. The average molecular weight is 190 g/mol. The van der Waals surface area contributed by atoms with Gasteiger partial charge in [0.15, 0.2) is 0 Å². The van der Waals surface area contributed by atoms with E-state index in [1.165, 1.54) is 0 Å². The second-order valence-electron chi connectivity index (χ2n) is 2.67. The number of amides is 1. The van der Waals surface area contributed by atoms with E-state index in [0.29, 0.717) is 5.69 Å². The third kappa shape index (κ3) is 2.50. The molecule has 1 rings (SSSR count). The summed E-state index contributed by atoms with van der Waals surface area (Å²) in [5.41, 5.74) is 9.52. The van der Waals surface area contributed by atoms with Crippen LogP contribution >= 0.6 is 0 Å². The highest BCUT2D eigenvalue weighted by atomic mass is 16.1. The lowest BCUT2D eigenvalue weighted by Gasteiger charge is -2.02. The number of carbonyl (C=O) groups is 1. The Morgan fingerprint density at radius 3 is 2.93 bits per heavy atom. The van der Waals surface area contributed by atoms with Crippen molar-refractivity contribution < 1.29 is 4.79 Å². The second-order valence-corrected chi connectivity index (χ2v) is 2.67. The number of likely N-dealkylation sites (N-methyl/N-ethyl adjacent to an activating group) is 1. The van der Waals surface area contributed by atoms with Gasteiger partial charge in [0.25, 0.3) is 0 Å². The summed E-state index contributed by atoms with van der Waals surface area (Å²) in [4.78, 5) is 13.8. The first-order valence-corrected chi connectivity index (χ1v) is 4.11. The lowest BCUT2D eigenvalue weighted by molar-refractivity contribution is -0.119. The molecule has 0 atom stereocenters. The fourth-order valence-electron chi connectivity index (χ4n) is 1.07. The van der Waals surface area contributed by atoms with Crippen LogP contribution in [0.2, 0.25) is 0 Å². The van der Waals surface area contributed by atoms with Crippen LogP contribution in [0.4, 0.5) is 5.69 Å². The summed E-state index contributed by atoms with van der Waals surface area (Å²) in [6, 6.07) is 7.00. The predicted octanol–water partition coefficient (Wildman–Crippen LogP) is 1.92. The molecule has 0 saturated heterocycles. The van der Waals surface area contributed by atoms with E-state index in [0.717, 1.165) is 5.56 Å². The van der Waals surface area contributed by atoms with Crippen molar-refractivity contribution in [1.29, 1.82) is 0 Å². The second kappa shape index (κ2) is 4.89. The van der Waals surface area contributed by atoms with Gasteiger partial charge >= 0.3 is 0 Å². The Bertz CT molecular complexity index is 382. The van der Waals surface area contributed by atoms with Crippen molar-refractivity contribution in [3.8, 4) is 0 Å². The SMILES string of the molecule is CNC(=O)Cc1ccccc1N=[N+]=[N-]. The van der Waals surface area contributed by atoms with Gasteiger partial charge in [0.1, 0.15) is 0 Å². The van der Waals surface area contributed by atoms with Gasteiger partial charge in [-0.25, -0.2) is 0 Å². The maximum Gasteiger partial charge on any atom is 0.224 e. The number of nitrogens with zero attached hydrogens (tertiary/aromatic N) is 3. The highest BCUT2D eigenvalue weighted by Crippen LogP contribution is 2.18. The van der Waals surface area contributed by atoms with E-state index >= 15 is 0 Å². The minimum Gasteiger partial charge on any atom is -0.359 e. The molecule has 0 aliphatic heterocycles. The molecule has 0 heterocycles. The fourth-order valence-corrected chi connectivity index (χ4v) is 1.07. The van der Waals surface area contributed by atoms with Crippen molar-refractivity contribution in [3.63, 3.8) is 0 Å². The molecule has 14 heavy (non-hydrogen) atoms. The fraction of sp³-hybridized carbons (Fsp3) is 0.222. The molecule has 0 aliphatic carbocycles. The van der Waals surface area contributed by atoms with Gasteiger partial charge in [-0.15, -0.1) is 0 Å². The molecule has 1 amide bonds. The predicted molar refractivity (Wildman–Crippen MR) is 53.0 cm³/mol. The van der Waals surface area contributed by atoms with Crippen LogP contribution in [0.3, 0.4) is 0 Å². The zero-order valence-corrected chi connectivity index (χ0v) is 7.77. The summed E-state index contributed by atoms with van der Waals surface area (Å²) in [6.45, 7) is 0. The number of hydrogen-bond acceptors (Lipinski definition) is 2. The van der Waals surface area contributed by atoms with E-state index in [1.807, 2.05) is 0 Å². The normalized spacial score (nSPS) is 8.93. The molecule has 1 aromatic rings. The number of azide groups is 1. The van der Waals surface area contributed by atoms with Gasteiger partial charge in [-0.3, -0.25) is 4.79 Å². The van der Waals surface area contributed by atoms with Crippen LogP contribution in [-0.2, 0) is 11.2 Å². The first kappa shape index (κ1) is 10.1. The average Bonchev–Trinajstić information content (AvgIpc) is 2.21. The maximum atomic E-state index is 11.1. The van der Waals surface area contributed by atoms with Crippen molar-refractivity contribution in [2.75, 3.05) is 7.05 Å². The molecule has 5 nitrogen and oxygen atoms in total. The highest BCUT2D eigenvalue weighted by Gasteiger charge is 2.04. The van der Waals surface area contributed by atoms with Gasteiger partial charge in [0.2, 0.25) is 5.91 Å². The summed E-state index contributed by atoms with van der Waals surface area (Å²) in [7, 11) is 1.57. The van der Waals surface area contributed by atoms with Crippen molar-refractivity contribution in [2.45, 2.75) is 6.42 Å². The Morgan fingerprint density at radius 2 is 2.29 bits per heavy atom. The summed E-state index contributed by atoms with van der Waals surface area (Å²) in [5, 5.41) is 6.00. The number of hydrogen-bond donors (Lipinski definition) is 1. The van der Waals surface area contributed by atoms with Gasteiger partial charge in [0.05, 0.1) is 6.42 Å². The molecule has 0 bridgehead atoms. The Morgan fingerprint density at radius 1 is 1.57 bits per heavy atom. The first-order valence-electron chi connectivity index (χ1n) is 4.11. The molecule has 1 aromatic carbocycles. The smallest absolute Gasteiger partial charge is 0.224 e. The molecule has 0 spiro atoms. The minimum atomic E-state index is -0.106. The summed E-state index contributed by atoms with van der Waals surface area (Å²) in [6.07, 6.45) is 0.228. The van der Waals surface area contributed by atoms with Gasteiger partial charge < -0.3 is 5.32 Å². The van der Waals surface area contributed by atoms with E-state index in [1.54, 1.807) is 31.3 Å². The zero-order chi connectivity index (χ0) is 10.4. The molecule has 5 heteroatoms. The molecule has 72 valence electrons. The Hall–Kier alpha value is -2.00. The largest absolute Gasteiger partial charge is 0.359 e. The number of carbonyl (C=O) groups excluding carboxylic acids is 1. The van der Waals surface area contributed by atoms with Crippen LogP contribution < -0.4 is 5.32 Å². The van der Waals surface area contributed by atoms with Crippen LogP contribution in [-0.4, -0.2) is 13.0 Å². The molecular formula is C9H10N4O. The topological polar surface area (TPSA) is 77.9 Å². The summed E-state index contributed by atoms with van der Waals surface area (Å²) < 4.78 is 0. The summed E-state index contributed by atoms with van der Waals surface area (Å²) >= 11 is 0. The van der Waals surface area contributed by atoms with Crippen LogP contribution in [0.25, 0.3) is 10.4 Å². The maximum absolute atomic E-state index is 11.1. The highest BCUT2D eigenvalue weighted by molar-refractivity contribution is 5.79. The minimum absolute atomic E-state index is 0.106. The number of benzene rings is 1. The van der Waals surface area contributed by atoms with E-state index in [-0.39, 0.29) is 12.3 Å². The zero-order valence-electron chi connectivity index (χ0n) is 7.77. The van der Waals surface area contributed by atoms with Crippen LogP contribution in [0, 0.1) is 0 Å². The first-order chi connectivity index (χ1) is 6.77. The Labute approximate surface area is 81.4 Å². The Kier molecular flexibility index (Phi) is 3.52. The van der Waals surface area contributed by atoms with Gasteiger partial charge in [-0.2, -0.15) is 0 Å². The monoisotopic (exact) mass is 190 g/mol. The van der Waals surface area contributed by atoms with E-state index in [9.17, 15) is 4.79 Å².